The molecule has 0 radical (unpaired) electrons. The van der Waals surface area contributed by atoms with E-state index in [4.69, 9.17) is 9.26 Å². The molecule has 4 rings (SSSR count). The average Bonchev–Trinajstić information content (AvgIpc) is 3.27. The number of aromatic nitrogens is 1. The second-order valence-electron chi connectivity index (χ2n) is 8.95. The first-order valence-corrected chi connectivity index (χ1v) is 11.4. The minimum Gasteiger partial charge on any atom is -0.379 e. The summed E-state index contributed by atoms with van der Waals surface area (Å²) in [6.45, 7) is 12.5. The summed E-state index contributed by atoms with van der Waals surface area (Å²) in [5.41, 5.74) is 2.19. The predicted molar refractivity (Wildman–Crippen MR) is 111 cm³/mol. The molecular formula is C22H36N4O3. The molecule has 0 spiro atoms. The molecule has 0 bridgehead atoms. The van der Waals surface area contributed by atoms with E-state index in [2.05, 4.69) is 19.9 Å². The second-order valence-corrected chi connectivity index (χ2v) is 8.95. The van der Waals surface area contributed by atoms with Crippen LogP contribution in [-0.4, -0.2) is 84.3 Å². The first-order valence-electron chi connectivity index (χ1n) is 11.4. The highest BCUT2D eigenvalue weighted by Gasteiger charge is 2.36. The Morgan fingerprint density at radius 2 is 1.93 bits per heavy atom. The lowest BCUT2D eigenvalue weighted by molar-refractivity contribution is -0.140. The summed E-state index contributed by atoms with van der Waals surface area (Å²) in [4.78, 5) is 20.3. The van der Waals surface area contributed by atoms with E-state index in [1.165, 1.54) is 12.0 Å². The maximum absolute atomic E-state index is 13.2. The van der Waals surface area contributed by atoms with Crippen molar-refractivity contribution in [3.05, 3.63) is 17.0 Å². The van der Waals surface area contributed by atoms with Crippen molar-refractivity contribution in [3.8, 4) is 0 Å². The lowest BCUT2D eigenvalue weighted by Crippen LogP contribution is -2.47. The molecule has 162 valence electrons. The average molecular weight is 405 g/mol. The van der Waals surface area contributed by atoms with Crippen molar-refractivity contribution < 1.29 is 14.1 Å². The lowest BCUT2D eigenvalue weighted by atomic mass is 9.84. The fourth-order valence-corrected chi connectivity index (χ4v) is 4.81. The SMILES string of the molecule is Cc1noc(C)c1CN1CCC(N(CCCN2CCOCC2)C(=O)C2CCC2)C1. The van der Waals surface area contributed by atoms with Crippen LogP contribution < -0.4 is 0 Å². The van der Waals surface area contributed by atoms with Crippen LogP contribution in [0, 0.1) is 19.8 Å². The quantitative estimate of drug-likeness (QED) is 0.662. The Morgan fingerprint density at radius 3 is 2.59 bits per heavy atom. The molecule has 29 heavy (non-hydrogen) atoms. The lowest BCUT2D eigenvalue weighted by Gasteiger charge is -2.36. The van der Waals surface area contributed by atoms with E-state index < -0.39 is 0 Å². The molecule has 1 aliphatic carbocycles. The summed E-state index contributed by atoms with van der Waals surface area (Å²) in [6.07, 6.45) is 5.49. The van der Waals surface area contributed by atoms with Crippen LogP contribution in [0.3, 0.4) is 0 Å². The van der Waals surface area contributed by atoms with E-state index in [1.54, 1.807) is 0 Å². The Kier molecular flexibility index (Phi) is 6.88. The number of rotatable bonds is 8. The maximum Gasteiger partial charge on any atom is 0.225 e. The molecule has 2 saturated heterocycles. The number of hydrogen-bond donors (Lipinski definition) is 0. The van der Waals surface area contributed by atoms with Crippen LogP contribution in [0.5, 0.6) is 0 Å². The standard InChI is InChI=1S/C22H36N4O3/c1-17-21(18(2)29-23-17)16-25-10-7-20(15-25)26(22(27)19-5-3-6-19)9-4-8-24-11-13-28-14-12-24/h19-20H,3-16H2,1-2H3. The summed E-state index contributed by atoms with van der Waals surface area (Å²) in [5.74, 6) is 1.59. The Morgan fingerprint density at radius 1 is 1.14 bits per heavy atom. The number of carbonyl (C=O) groups excluding carboxylic acids is 1. The van der Waals surface area contributed by atoms with E-state index in [-0.39, 0.29) is 5.92 Å². The molecule has 1 unspecified atom stereocenters. The summed E-state index contributed by atoms with van der Waals surface area (Å²) in [6, 6.07) is 0.341. The molecule has 1 amide bonds. The number of likely N-dealkylation sites (tertiary alicyclic amines) is 1. The Bertz CT molecular complexity index is 662. The van der Waals surface area contributed by atoms with Gasteiger partial charge >= 0.3 is 0 Å². The van der Waals surface area contributed by atoms with Gasteiger partial charge in [-0.1, -0.05) is 11.6 Å². The van der Waals surface area contributed by atoms with Crippen LogP contribution in [0.4, 0.5) is 0 Å². The summed E-state index contributed by atoms with van der Waals surface area (Å²) < 4.78 is 10.8. The molecular weight excluding hydrogens is 368 g/mol. The third kappa shape index (κ3) is 5.01. The number of aryl methyl sites for hydroxylation is 2. The summed E-state index contributed by atoms with van der Waals surface area (Å²) in [5, 5.41) is 4.09. The van der Waals surface area contributed by atoms with Gasteiger partial charge in [0.1, 0.15) is 5.76 Å². The fraction of sp³-hybridized carbons (Fsp3) is 0.818. The van der Waals surface area contributed by atoms with Gasteiger partial charge in [0.25, 0.3) is 0 Å². The molecule has 7 nitrogen and oxygen atoms in total. The Labute approximate surface area is 174 Å². The van der Waals surface area contributed by atoms with Gasteiger partial charge < -0.3 is 14.2 Å². The van der Waals surface area contributed by atoms with E-state index >= 15 is 0 Å². The van der Waals surface area contributed by atoms with Crippen molar-refractivity contribution >= 4 is 5.91 Å². The fourth-order valence-electron chi connectivity index (χ4n) is 4.81. The van der Waals surface area contributed by atoms with Gasteiger partial charge in [0, 0.05) is 63.3 Å². The van der Waals surface area contributed by atoms with Crippen molar-refractivity contribution in [2.45, 2.75) is 58.5 Å². The molecule has 0 N–H and O–H groups in total. The van der Waals surface area contributed by atoms with Crippen LogP contribution >= 0.6 is 0 Å². The number of ether oxygens (including phenoxy) is 1. The minimum atomic E-state index is 0.273. The van der Waals surface area contributed by atoms with Gasteiger partial charge in [-0.25, -0.2) is 0 Å². The molecule has 3 heterocycles. The van der Waals surface area contributed by atoms with Crippen molar-refractivity contribution in [1.82, 2.24) is 19.9 Å². The third-order valence-corrected chi connectivity index (χ3v) is 6.97. The van der Waals surface area contributed by atoms with E-state index in [9.17, 15) is 4.79 Å². The molecule has 1 saturated carbocycles. The summed E-state index contributed by atoms with van der Waals surface area (Å²) in [7, 11) is 0. The van der Waals surface area contributed by atoms with Crippen molar-refractivity contribution in [3.63, 3.8) is 0 Å². The molecule has 0 aromatic carbocycles. The summed E-state index contributed by atoms with van der Waals surface area (Å²) >= 11 is 0. The molecule has 1 aromatic heterocycles. The first kappa shape index (κ1) is 20.8. The highest BCUT2D eigenvalue weighted by molar-refractivity contribution is 5.80. The third-order valence-electron chi connectivity index (χ3n) is 6.97. The van der Waals surface area contributed by atoms with Crippen LogP contribution in [-0.2, 0) is 16.1 Å². The molecule has 7 heteroatoms. The zero-order valence-electron chi connectivity index (χ0n) is 18.1. The van der Waals surface area contributed by atoms with Crippen LogP contribution in [0.25, 0.3) is 0 Å². The molecule has 1 atom stereocenters. The normalized spacial score (nSPS) is 24.0. The Hall–Kier alpha value is -1.44. The van der Waals surface area contributed by atoms with Crippen LogP contribution in [0.15, 0.2) is 4.52 Å². The zero-order chi connectivity index (χ0) is 20.2. The maximum atomic E-state index is 13.2. The van der Waals surface area contributed by atoms with Crippen molar-refractivity contribution in [2.24, 2.45) is 5.92 Å². The second kappa shape index (κ2) is 9.58. The molecule has 3 fully saturated rings. The molecule has 2 aliphatic heterocycles. The van der Waals surface area contributed by atoms with E-state index in [0.29, 0.717) is 11.9 Å². The number of amides is 1. The zero-order valence-corrected chi connectivity index (χ0v) is 18.1. The monoisotopic (exact) mass is 404 g/mol. The smallest absolute Gasteiger partial charge is 0.225 e. The number of morpholine rings is 1. The topological polar surface area (TPSA) is 62.1 Å². The first-order chi connectivity index (χ1) is 14.1. The van der Waals surface area contributed by atoms with Crippen LogP contribution in [0.2, 0.25) is 0 Å². The van der Waals surface area contributed by atoms with Crippen molar-refractivity contribution in [1.29, 1.82) is 0 Å². The van der Waals surface area contributed by atoms with E-state index in [0.717, 1.165) is 96.2 Å². The predicted octanol–water partition coefficient (Wildman–Crippen LogP) is 2.22. The molecule has 3 aliphatic rings. The van der Waals surface area contributed by atoms with Crippen LogP contribution in [0.1, 0.15) is 49.1 Å². The highest BCUT2D eigenvalue weighted by Crippen LogP contribution is 2.31. The van der Waals surface area contributed by atoms with Gasteiger partial charge in [-0.15, -0.1) is 0 Å². The number of carbonyl (C=O) groups is 1. The minimum absolute atomic E-state index is 0.273. The van der Waals surface area contributed by atoms with E-state index in [1.807, 2.05) is 13.8 Å². The Balaban J connectivity index is 1.33. The van der Waals surface area contributed by atoms with Gasteiger partial charge in [0.05, 0.1) is 18.9 Å². The van der Waals surface area contributed by atoms with Gasteiger partial charge in [-0.2, -0.15) is 0 Å². The molecule has 1 aromatic rings. The number of hydrogen-bond acceptors (Lipinski definition) is 6. The number of nitrogens with zero attached hydrogens (tertiary/aromatic N) is 4. The van der Waals surface area contributed by atoms with Gasteiger partial charge in [-0.05, 0) is 39.5 Å². The van der Waals surface area contributed by atoms with Gasteiger partial charge in [0.2, 0.25) is 5.91 Å². The van der Waals surface area contributed by atoms with Crippen molar-refractivity contribution in [2.75, 3.05) is 52.5 Å². The largest absolute Gasteiger partial charge is 0.379 e. The van der Waals surface area contributed by atoms with Gasteiger partial charge in [0.15, 0.2) is 0 Å². The van der Waals surface area contributed by atoms with Gasteiger partial charge in [-0.3, -0.25) is 14.6 Å². The highest BCUT2D eigenvalue weighted by atomic mass is 16.5.